The van der Waals surface area contributed by atoms with Crippen LogP contribution in [0.3, 0.4) is 0 Å². The number of hydrogen-bond donors (Lipinski definition) is 2. The molecular formula is C13H26N4O2. The quantitative estimate of drug-likeness (QED) is 0.789. The zero-order valence-corrected chi connectivity index (χ0v) is 12.6. The summed E-state index contributed by atoms with van der Waals surface area (Å²) in [4.78, 5) is 26.6. The summed E-state index contributed by atoms with van der Waals surface area (Å²) >= 11 is 0. The highest BCUT2D eigenvalue weighted by Crippen LogP contribution is 2.24. The number of rotatable bonds is 2. The first-order chi connectivity index (χ1) is 8.82. The maximum Gasteiger partial charge on any atom is 0.317 e. The molecule has 1 fully saturated rings. The van der Waals surface area contributed by atoms with E-state index in [9.17, 15) is 9.59 Å². The van der Waals surface area contributed by atoms with Crippen molar-refractivity contribution in [2.75, 3.05) is 28.2 Å². The van der Waals surface area contributed by atoms with E-state index < -0.39 is 0 Å². The molecule has 6 nitrogen and oxygen atoms in total. The number of hydrogen-bond acceptors (Lipinski definition) is 2. The molecule has 0 aromatic rings. The highest BCUT2D eigenvalue weighted by Gasteiger charge is 2.33. The van der Waals surface area contributed by atoms with E-state index in [-0.39, 0.29) is 24.1 Å². The normalized spacial score (nSPS) is 26.5. The zero-order chi connectivity index (χ0) is 14.6. The van der Waals surface area contributed by atoms with Crippen molar-refractivity contribution in [1.82, 2.24) is 20.4 Å². The van der Waals surface area contributed by atoms with Gasteiger partial charge < -0.3 is 20.4 Å². The van der Waals surface area contributed by atoms with E-state index in [1.165, 1.54) is 9.80 Å². The van der Waals surface area contributed by atoms with Gasteiger partial charge in [0.1, 0.15) is 0 Å². The summed E-state index contributed by atoms with van der Waals surface area (Å²) in [5, 5.41) is 6.01. The fourth-order valence-corrected chi connectivity index (χ4v) is 2.38. The van der Waals surface area contributed by atoms with Crippen molar-refractivity contribution in [2.45, 2.75) is 38.3 Å². The Morgan fingerprint density at radius 1 is 0.947 bits per heavy atom. The topological polar surface area (TPSA) is 64.7 Å². The molecule has 0 radical (unpaired) electrons. The van der Waals surface area contributed by atoms with Gasteiger partial charge in [0.05, 0.1) is 12.1 Å². The number of carbonyl (C=O) groups excluding carboxylic acids is 2. The van der Waals surface area contributed by atoms with Crippen molar-refractivity contribution in [3.8, 4) is 0 Å². The first-order valence-electron chi connectivity index (χ1n) is 6.78. The SMILES string of the molecule is CC1CCCC(NC(=O)N(C)C)C1NC(=O)N(C)C. The molecule has 2 N–H and O–H groups in total. The standard InChI is InChI=1S/C13H26N4O2/c1-9-7-6-8-10(14-12(18)16(2)3)11(9)15-13(19)17(4)5/h9-11H,6-8H2,1-5H3,(H,14,18)(H,15,19). The van der Waals surface area contributed by atoms with Crippen LogP contribution in [0, 0.1) is 5.92 Å². The van der Waals surface area contributed by atoms with E-state index in [2.05, 4.69) is 17.6 Å². The summed E-state index contributed by atoms with van der Waals surface area (Å²) in [7, 11) is 6.87. The smallest absolute Gasteiger partial charge is 0.317 e. The Labute approximate surface area is 115 Å². The summed E-state index contributed by atoms with van der Waals surface area (Å²) in [6.45, 7) is 2.12. The number of nitrogens with one attached hydrogen (secondary N) is 2. The second-order valence-corrected chi connectivity index (χ2v) is 5.73. The van der Waals surface area contributed by atoms with Crippen LogP contribution in [-0.4, -0.2) is 62.1 Å². The molecule has 110 valence electrons. The molecule has 1 aliphatic carbocycles. The van der Waals surface area contributed by atoms with Gasteiger partial charge >= 0.3 is 12.1 Å². The molecule has 0 aromatic carbocycles. The van der Waals surface area contributed by atoms with Gasteiger partial charge in [0, 0.05) is 28.2 Å². The molecule has 19 heavy (non-hydrogen) atoms. The Morgan fingerprint density at radius 2 is 1.47 bits per heavy atom. The van der Waals surface area contributed by atoms with Crippen molar-refractivity contribution in [2.24, 2.45) is 5.92 Å². The first kappa shape index (κ1) is 15.6. The van der Waals surface area contributed by atoms with Gasteiger partial charge in [-0.3, -0.25) is 0 Å². The second-order valence-electron chi connectivity index (χ2n) is 5.73. The van der Waals surface area contributed by atoms with E-state index in [4.69, 9.17) is 0 Å². The lowest BCUT2D eigenvalue weighted by Crippen LogP contribution is -2.59. The Kier molecular flexibility index (Phi) is 5.44. The predicted molar refractivity (Wildman–Crippen MR) is 75.0 cm³/mol. The molecular weight excluding hydrogens is 244 g/mol. The second kappa shape index (κ2) is 6.63. The van der Waals surface area contributed by atoms with Gasteiger partial charge in [-0.2, -0.15) is 0 Å². The molecule has 0 spiro atoms. The Morgan fingerprint density at radius 3 is 2.00 bits per heavy atom. The van der Waals surface area contributed by atoms with Gasteiger partial charge in [0.15, 0.2) is 0 Å². The van der Waals surface area contributed by atoms with Gasteiger partial charge in [0.2, 0.25) is 0 Å². The molecule has 0 bridgehead atoms. The van der Waals surface area contributed by atoms with Gasteiger partial charge in [-0.25, -0.2) is 9.59 Å². The maximum absolute atomic E-state index is 11.8. The Bertz CT molecular complexity index is 331. The largest absolute Gasteiger partial charge is 0.333 e. The van der Waals surface area contributed by atoms with Crippen LogP contribution in [0.5, 0.6) is 0 Å². The number of carbonyl (C=O) groups is 2. The van der Waals surface area contributed by atoms with Crippen LogP contribution in [0.25, 0.3) is 0 Å². The summed E-state index contributed by atoms with van der Waals surface area (Å²) < 4.78 is 0. The molecule has 0 aromatic heterocycles. The maximum atomic E-state index is 11.8. The third kappa shape index (κ3) is 4.29. The van der Waals surface area contributed by atoms with Crippen molar-refractivity contribution in [3.63, 3.8) is 0 Å². The van der Waals surface area contributed by atoms with Crippen molar-refractivity contribution >= 4 is 12.1 Å². The van der Waals surface area contributed by atoms with Crippen LogP contribution in [0.2, 0.25) is 0 Å². The number of amides is 4. The highest BCUT2D eigenvalue weighted by molar-refractivity contribution is 5.75. The summed E-state index contributed by atoms with van der Waals surface area (Å²) in [6.07, 6.45) is 3.06. The Balaban J connectivity index is 2.69. The van der Waals surface area contributed by atoms with Gasteiger partial charge in [-0.15, -0.1) is 0 Å². The minimum Gasteiger partial charge on any atom is -0.333 e. The van der Waals surface area contributed by atoms with E-state index in [1.807, 2.05) is 0 Å². The van der Waals surface area contributed by atoms with Gasteiger partial charge in [-0.05, 0) is 18.8 Å². The number of nitrogens with zero attached hydrogens (tertiary/aromatic N) is 2. The molecule has 4 amide bonds. The van der Waals surface area contributed by atoms with Gasteiger partial charge in [0.25, 0.3) is 0 Å². The van der Waals surface area contributed by atoms with Crippen LogP contribution >= 0.6 is 0 Å². The fourth-order valence-electron chi connectivity index (χ4n) is 2.38. The molecule has 3 unspecified atom stereocenters. The van der Waals surface area contributed by atoms with Crippen LogP contribution in [0.15, 0.2) is 0 Å². The minimum absolute atomic E-state index is 0.00236. The van der Waals surface area contributed by atoms with Crippen LogP contribution in [-0.2, 0) is 0 Å². The fraction of sp³-hybridized carbons (Fsp3) is 0.846. The lowest BCUT2D eigenvalue weighted by Gasteiger charge is -2.38. The van der Waals surface area contributed by atoms with E-state index in [1.54, 1.807) is 28.2 Å². The van der Waals surface area contributed by atoms with E-state index >= 15 is 0 Å². The summed E-state index contributed by atoms with van der Waals surface area (Å²) in [5.41, 5.74) is 0. The molecule has 3 atom stereocenters. The van der Waals surface area contributed by atoms with Gasteiger partial charge in [-0.1, -0.05) is 13.3 Å². The molecule has 0 saturated heterocycles. The van der Waals surface area contributed by atoms with Crippen LogP contribution < -0.4 is 10.6 Å². The summed E-state index contributed by atoms with van der Waals surface area (Å²) in [6, 6.07) is -0.221. The average molecular weight is 270 g/mol. The summed E-state index contributed by atoms with van der Waals surface area (Å²) in [5.74, 6) is 0.366. The predicted octanol–water partition coefficient (Wildman–Crippen LogP) is 1.09. The van der Waals surface area contributed by atoms with Crippen molar-refractivity contribution in [1.29, 1.82) is 0 Å². The Hall–Kier alpha value is -1.46. The molecule has 1 aliphatic rings. The minimum atomic E-state index is -0.108. The number of urea groups is 2. The molecule has 0 aliphatic heterocycles. The average Bonchev–Trinajstić information content (AvgIpc) is 2.32. The van der Waals surface area contributed by atoms with E-state index in [0.717, 1.165) is 19.3 Å². The molecule has 1 rings (SSSR count). The molecule has 1 saturated carbocycles. The van der Waals surface area contributed by atoms with Crippen molar-refractivity contribution < 1.29 is 9.59 Å². The highest BCUT2D eigenvalue weighted by atomic mass is 16.2. The lowest BCUT2D eigenvalue weighted by atomic mass is 9.82. The first-order valence-corrected chi connectivity index (χ1v) is 6.78. The zero-order valence-electron chi connectivity index (χ0n) is 12.6. The van der Waals surface area contributed by atoms with Crippen LogP contribution in [0.1, 0.15) is 26.2 Å². The molecule has 0 heterocycles. The third-order valence-corrected chi connectivity index (χ3v) is 3.63. The van der Waals surface area contributed by atoms with Crippen LogP contribution in [0.4, 0.5) is 9.59 Å². The lowest BCUT2D eigenvalue weighted by molar-refractivity contribution is 0.174. The van der Waals surface area contributed by atoms with Crippen molar-refractivity contribution in [3.05, 3.63) is 0 Å². The van der Waals surface area contributed by atoms with E-state index in [0.29, 0.717) is 5.92 Å². The monoisotopic (exact) mass is 270 g/mol. The third-order valence-electron chi connectivity index (χ3n) is 3.63. The molecule has 6 heteroatoms.